The van der Waals surface area contributed by atoms with Crippen LogP contribution in [0.1, 0.15) is 76.3 Å². The lowest BCUT2D eigenvalue weighted by Gasteiger charge is -2.32. The molecule has 0 atom stereocenters. The molecule has 0 spiro atoms. The van der Waals surface area contributed by atoms with Gasteiger partial charge in [0, 0.05) is 5.41 Å². The second-order valence-electron chi connectivity index (χ2n) is 7.67. The number of benzene rings is 2. The lowest BCUT2D eigenvalue weighted by molar-refractivity contribution is 0.380. The Hall–Kier alpha value is -1.57. The van der Waals surface area contributed by atoms with Gasteiger partial charge < -0.3 is 13.9 Å². The van der Waals surface area contributed by atoms with Gasteiger partial charge in [0.2, 0.25) is 0 Å². The molecule has 2 aromatic carbocycles. The molecule has 2 aromatic rings. The van der Waals surface area contributed by atoms with E-state index in [-0.39, 0.29) is 5.41 Å². The zero-order chi connectivity index (χ0) is 19.1. The highest BCUT2D eigenvalue weighted by Crippen LogP contribution is 2.42. The minimum atomic E-state index is -1.97. The number of hydrogen-bond donors (Lipinski definition) is 1. The Morgan fingerprint density at radius 3 is 1.67 bits per heavy atom. The van der Waals surface area contributed by atoms with Crippen molar-refractivity contribution in [1.82, 2.24) is 0 Å². The van der Waals surface area contributed by atoms with Crippen LogP contribution >= 0.6 is 8.60 Å². The van der Waals surface area contributed by atoms with Gasteiger partial charge in [-0.2, -0.15) is 0 Å². The van der Waals surface area contributed by atoms with Crippen molar-refractivity contribution in [3.8, 4) is 11.5 Å². The molecule has 0 radical (unpaired) electrons. The normalized spacial score (nSPS) is 21.2. The molecule has 27 heavy (non-hydrogen) atoms. The molecule has 0 aliphatic carbocycles. The average Bonchev–Trinajstić information content (AvgIpc) is 2.67. The topological polar surface area (TPSA) is 38.7 Å². The molecule has 4 heterocycles. The van der Waals surface area contributed by atoms with E-state index in [1.807, 2.05) is 24.3 Å². The molecule has 0 saturated carbocycles. The Labute approximate surface area is 164 Å². The maximum Gasteiger partial charge on any atom is 0.460 e. The zero-order valence-corrected chi connectivity index (χ0v) is 17.4. The Balaban J connectivity index is 1.76. The monoisotopic (exact) mass is 386 g/mol. The molecule has 1 N–H and O–H groups in total. The minimum Gasteiger partial charge on any atom is -0.418 e. The van der Waals surface area contributed by atoms with Crippen LogP contribution in [0.5, 0.6) is 11.5 Å². The average molecular weight is 386 g/mol. The molecule has 4 aliphatic rings. The van der Waals surface area contributed by atoms with E-state index in [2.05, 4.69) is 38.1 Å². The van der Waals surface area contributed by atoms with Crippen LogP contribution in [0.3, 0.4) is 0 Å². The predicted molar refractivity (Wildman–Crippen MR) is 112 cm³/mol. The Morgan fingerprint density at radius 2 is 1.19 bits per heavy atom. The smallest absolute Gasteiger partial charge is 0.418 e. The molecule has 146 valence electrons. The van der Waals surface area contributed by atoms with Crippen molar-refractivity contribution >= 4 is 8.60 Å². The molecule has 0 amide bonds. The van der Waals surface area contributed by atoms with E-state index in [0.717, 1.165) is 6.42 Å². The fourth-order valence-electron chi connectivity index (χ4n) is 3.86. The summed E-state index contributed by atoms with van der Waals surface area (Å²) in [5.41, 5.74) is 2.54. The first-order valence-corrected chi connectivity index (χ1v) is 11.3. The highest BCUT2D eigenvalue weighted by molar-refractivity contribution is 7.41. The standard InChI is InChI=1S/C23H31O3P/c1-3-4-5-6-7-8-9-18-23(2)19-10-14-21(15-11-19)25-27(24)26-22-16-12-20(23)13-17-22/h10-17,24H,3-9,18H2,1-2H3. The molecule has 3 nitrogen and oxygen atoms in total. The van der Waals surface area contributed by atoms with E-state index in [4.69, 9.17) is 9.05 Å². The first kappa shape index (κ1) is 20.2. The van der Waals surface area contributed by atoms with Crippen LogP contribution in [0.15, 0.2) is 48.5 Å². The van der Waals surface area contributed by atoms with Crippen molar-refractivity contribution in [3.05, 3.63) is 59.7 Å². The Morgan fingerprint density at radius 1 is 0.741 bits per heavy atom. The fraction of sp³-hybridized carbons (Fsp3) is 0.478. The van der Waals surface area contributed by atoms with Gasteiger partial charge in [-0.3, -0.25) is 0 Å². The van der Waals surface area contributed by atoms with Crippen LogP contribution in [0.4, 0.5) is 0 Å². The number of hydrogen-bond acceptors (Lipinski definition) is 3. The Kier molecular flexibility index (Phi) is 7.15. The zero-order valence-electron chi connectivity index (χ0n) is 16.5. The van der Waals surface area contributed by atoms with Crippen LogP contribution in [0.25, 0.3) is 0 Å². The third-order valence-corrected chi connectivity index (χ3v) is 6.36. The first-order chi connectivity index (χ1) is 13.1. The highest BCUT2D eigenvalue weighted by atomic mass is 31.2. The van der Waals surface area contributed by atoms with Gasteiger partial charge in [-0.15, -0.1) is 0 Å². The lowest BCUT2D eigenvalue weighted by Crippen LogP contribution is -2.23. The van der Waals surface area contributed by atoms with E-state index >= 15 is 0 Å². The summed E-state index contributed by atoms with van der Waals surface area (Å²) in [4.78, 5) is 9.98. The summed E-state index contributed by atoms with van der Waals surface area (Å²) < 4.78 is 11.0. The summed E-state index contributed by atoms with van der Waals surface area (Å²) in [6.45, 7) is 4.60. The molecule has 0 aromatic heterocycles. The summed E-state index contributed by atoms with van der Waals surface area (Å²) in [6, 6.07) is 16.2. The van der Waals surface area contributed by atoms with E-state index in [0.29, 0.717) is 11.5 Å². The van der Waals surface area contributed by atoms with E-state index < -0.39 is 8.60 Å². The van der Waals surface area contributed by atoms with Crippen LogP contribution in [0.2, 0.25) is 0 Å². The second kappa shape index (κ2) is 9.57. The van der Waals surface area contributed by atoms with Gasteiger partial charge in [0.05, 0.1) is 0 Å². The van der Waals surface area contributed by atoms with E-state index in [1.54, 1.807) is 0 Å². The molecular formula is C23H31O3P. The summed E-state index contributed by atoms with van der Waals surface area (Å²) in [5, 5.41) is 0. The van der Waals surface area contributed by atoms with Crippen molar-refractivity contribution in [3.63, 3.8) is 0 Å². The van der Waals surface area contributed by atoms with Crippen molar-refractivity contribution in [2.45, 2.75) is 70.6 Å². The van der Waals surface area contributed by atoms with Gasteiger partial charge in [0.15, 0.2) is 0 Å². The number of rotatable bonds is 8. The number of unbranched alkanes of at least 4 members (excludes halogenated alkanes) is 6. The van der Waals surface area contributed by atoms with Gasteiger partial charge in [0.25, 0.3) is 0 Å². The maximum absolute atomic E-state index is 9.98. The molecule has 0 unspecified atom stereocenters. The van der Waals surface area contributed by atoms with Gasteiger partial charge in [-0.1, -0.05) is 83.1 Å². The molecule has 4 heteroatoms. The summed E-state index contributed by atoms with van der Waals surface area (Å²) in [6.07, 6.45) is 10.3. The molecule has 4 aliphatic heterocycles. The van der Waals surface area contributed by atoms with Gasteiger partial charge >= 0.3 is 8.60 Å². The van der Waals surface area contributed by atoms with E-state index in [1.165, 1.54) is 56.1 Å². The van der Waals surface area contributed by atoms with Crippen molar-refractivity contribution < 1.29 is 13.9 Å². The van der Waals surface area contributed by atoms with Crippen LogP contribution in [0, 0.1) is 0 Å². The maximum atomic E-state index is 9.98. The fourth-order valence-corrected chi connectivity index (χ4v) is 4.50. The molecule has 4 bridgehead atoms. The summed E-state index contributed by atoms with van der Waals surface area (Å²) >= 11 is 0. The lowest BCUT2D eigenvalue weighted by atomic mass is 9.72. The van der Waals surface area contributed by atoms with Crippen LogP contribution in [-0.2, 0) is 5.41 Å². The molecule has 0 saturated heterocycles. The largest absolute Gasteiger partial charge is 0.460 e. The molecule has 6 rings (SSSR count). The predicted octanol–water partition coefficient (Wildman–Crippen LogP) is 7.12. The van der Waals surface area contributed by atoms with Crippen LogP contribution < -0.4 is 9.05 Å². The minimum absolute atomic E-state index is 0.0381. The van der Waals surface area contributed by atoms with Gasteiger partial charge in [-0.05, 0) is 41.8 Å². The second-order valence-corrected chi connectivity index (χ2v) is 8.51. The van der Waals surface area contributed by atoms with Crippen LogP contribution in [-0.4, -0.2) is 4.89 Å². The SMILES string of the molecule is CCCCCCCCCC1(C)c2ccc(cc2)OP(O)Oc2ccc1cc2. The van der Waals surface area contributed by atoms with Crippen molar-refractivity contribution in [1.29, 1.82) is 0 Å². The van der Waals surface area contributed by atoms with Gasteiger partial charge in [0.1, 0.15) is 11.5 Å². The molecule has 0 fully saturated rings. The molecular weight excluding hydrogens is 355 g/mol. The summed E-state index contributed by atoms with van der Waals surface area (Å²) in [7, 11) is -1.97. The van der Waals surface area contributed by atoms with Crippen molar-refractivity contribution in [2.75, 3.05) is 0 Å². The third kappa shape index (κ3) is 5.24. The highest BCUT2D eigenvalue weighted by Gasteiger charge is 2.29. The van der Waals surface area contributed by atoms with E-state index in [9.17, 15) is 4.89 Å². The summed E-state index contributed by atoms with van der Waals surface area (Å²) in [5.74, 6) is 1.28. The first-order valence-electron chi connectivity index (χ1n) is 10.2. The third-order valence-electron chi connectivity index (χ3n) is 5.63. The quantitative estimate of drug-likeness (QED) is 0.388. The van der Waals surface area contributed by atoms with Gasteiger partial charge in [-0.25, -0.2) is 0 Å². The van der Waals surface area contributed by atoms with Crippen molar-refractivity contribution in [2.24, 2.45) is 0 Å². The Bertz CT molecular complexity index is 647.